The largest absolute Gasteiger partial charge is 0.490 e. The van der Waals surface area contributed by atoms with E-state index in [2.05, 4.69) is 34.0 Å². The molecule has 4 aromatic rings. The predicted molar refractivity (Wildman–Crippen MR) is 107 cm³/mol. The molecule has 0 aliphatic carbocycles. The van der Waals surface area contributed by atoms with Crippen molar-refractivity contribution in [1.82, 2.24) is 4.57 Å². The summed E-state index contributed by atoms with van der Waals surface area (Å²) in [5.41, 5.74) is 2.89. The lowest BCUT2D eigenvalue weighted by molar-refractivity contribution is 0.0940. The van der Waals surface area contributed by atoms with Crippen molar-refractivity contribution in [3.05, 3.63) is 83.3 Å². The fourth-order valence-corrected chi connectivity index (χ4v) is 3.49. The average molecular weight is 360 g/mol. The zero-order valence-corrected chi connectivity index (χ0v) is 14.8. The number of hydrogen-bond acceptors (Lipinski definition) is 4. The monoisotopic (exact) mass is 360 g/mol. The van der Waals surface area contributed by atoms with Crippen molar-refractivity contribution in [1.29, 1.82) is 0 Å². The minimum absolute atomic E-state index is 0.0547. The molecule has 4 rings (SSSR count). The molecule has 0 spiro atoms. The van der Waals surface area contributed by atoms with E-state index < -0.39 is 6.10 Å². The molecule has 136 valence electrons. The molecule has 1 atom stereocenters. The predicted octanol–water partition coefficient (Wildman–Crippen LogP) is 4.50. The molecule has 0 fully saturated rings. The van der Waals surface area contributed by atoms with Crippen molar-refractivity contribution in [2.24, 2.45) is 5.18 Å². The summed E-state index contributed by atoms with van der Waals surface area (Å²) in [7, 11) is 0. The van der Waals surface area contributed by atoms with Gasteiger partial charge >= 0.3 is 0 Å². The molecular weight excluding hydrogens is 340 g/mol. The Bertz CT molecular complexity index is 1030. The Labute approximate surface area is 156 Å². The Morgan fingerprint density at radius 2 is 1.48 bits per heavy atom. The van der Waals surface area contributed by atoms with Gasteiger partial charge in [-0.25, -0.2) is 0 Å². The van der Waals surface area contributed by atoms with Crippen molar-refractivity contribution in [2.45, 2.75) is 19.2 Å². The molecule has 1 aromatic heterocycles. The average Bonchev–Trinajstić information content (AvgIpc) is 3.02. The van der Waals surface area contributed by atoms with Gasteiger partial charge in [-0.2, -0.15) is 4.91 Å². The van der Waals surface area contributed by atoms with Crippen LogP contribution in [0.3, 0.4) is 0 Å². The highest BCUT2D eigenvalue weighted by Crippen LogP contribution is 2.29. The minimum Gasteiger partial charge on any atom is -0.490 e. The first-order valence-corrected chi connectivity index (χ1v) is 8.92. The third kappa shape index (κ3) is 3.41. The molecule has 5 heteroatoms. The molecule has 0 aliphatic heterocycles. The normalized spacial score (nSPS) is 12.3. The number of aliphatic hydroxyl groups excluding tert-OH is 1. The van der Waals surface area contributed by atoms with Gasteiger partial charge in [-0.15, -0.1) is 0 Å². The van der Waals surface area contributed by atoms with Crippen LogP contribution in [0.1, 0.15) is 5.56 Å². The SMILES string of the molecule is O=NCc1ccccc1OCC(O)Cn1c2ccccc2c2ccccc21. The van der Waals surface area contributed by atoms with E-state index in [1.54, 1.807) is 12.1 Å². The molecule has 0 amide bonds. The summed E-state index contributed by atoms with van der Waals surface area (Å²) in [6.07, 6.45) is -0.693. The molecule has 5 nitrogen and oxygen atoms in total. The molecule has 0 bridgehead atoms. The van der Waals surface area contributed by atoms with E-state index >= 15 is 0 Å². The number of hydrogen-bond donors (Lipinski definition) is 1. The molecule has 0 saturated carbocycles. The van der Waals surface area contributed by atoms with Crippen molar-refractivity contribution < 1.29 is 9.84 Å². The maximum Gasteiger partial charge on any atom is 0.124 e. The number of aliphatic hydroxyl groups is 1. The first kappa shape index (κ1) is 17.2. The molecule has 1 unspecified atom stereocenters. The van der Waals surface area contributed by atoms with Gasteiger partial charge < -0.3 is 14.4 Å². The lowest BCUT2D eigenvalue weighted by atomic mass is 10.2. The van der Waals surface area contributed by atoms with E-state index in [0.29, 0.717) is 12.3 Å². The molecule has 0 saturated heterocycles. The van der Waals surface area contributed by atoms with Gasteiger partial charge in [0.2, 0.25) is 0 Å². The second kappa shape index (κ2) is 7.60. The van der Waals surface area contributed by atoms with Crippen LogP contribution in [-0.4, -0.2) is 22.4 Å². The van der Waals surface area contributed by atoms with Crippen molar-refractivity contribution in [2.75, 3.05) is 6.61 Å². The van der Waals surface area contributed by atoms with Crippen LogP contribution >= 0.6 is 0 Å². The Morgan fingerprint density at radius 1 is 0.889 bits per heavy atom. The Kier molecular flexibility index (Phi) is 4.85. The summed E-state index contributed by atoms with van der Waals surface area (Å²) >= 11 is 0. The Hall–Kier alpha value is -3.18. The summed E-state index contributed by atoms with van der Waals surface area (Å²) in [6, 6.07) is 23.6. The first-order chi connectivity index (χ1) is 13.3. The number of aromatic nitrogens is 1. The third-order valence-electron chi connectivity index (χ3n) is 4.71. The van der Waals surface area contributed by atoms with Gasteiger partial charge in [0.25, 0.3) is 0 Å². The molecule has 3 aromatic carbocycles. The van der Waals surface area contributed by atoms with E-state index in [0.717, 1.165) is 16.6 Å². The van der Waals surface area contributed by atoms with Gasteiger partial charge in [-0.05, 0) is 18.2 Å². The molecule has 0 radical (unpaired) electrons. The van der Waals surface area contributed by atoms with Crippen LogP contribution in [0.4, 0.5) is 0 Å². The van der Waals surface area contributed by atoms with Gasteiger partial charge in [-0.3, -0.25) is 0 Å². The number of nitrogens with zero attached hydrogens (tertiary/aromatic N) is 2. The summed E-state index contributed by atoms with van der Waals surface area (Å²) in [5.74, 6) is 0.582. The van der Waals surface area contributed by atoms with E-state index in [9.17, 15) is 10.0 Å². The standard InChI is InChI=1S/C22H20N2O3/c25-17(15-27-22-12-6-1-7-16(22)13-23-26)14-24-20-10-4-2-8-18(20)19-9-3-5-11-21(19)24/h1-12,17,25H,13-15H2. The summed E-state index contributed by atoms with van der Waals surface area (Å²) in [6.45, 7) is 0.609. The summed E-state index contributed by atoms with van der Waals surface area (Å²) in [4.78, 5) is 10.6. The van der Waals surface area contributed by atoms with Gasteiger partial charge in [0, 0.05) is 27.4 Å². The number of benzene rings is 3. The number of fused-ring (bicyclic) bond motifs is 3. The van der Waals surface area contributed by atoms with Gasteiger partial charge in [0.1, 0.15) is 25.0 Å². The van der Waals surface area contributed by atoms with Crippen LogP contribution in [0.25, 0.3) is 21.8 Å². The first-order valence-electron chi connectivity index (χ1n) is 8.92. The second-order valence-corrected chi connectivity index (χ2v) is 6.50. The fourth-order valence-electron chi connectivity index (χ4n) is 3.49. The second-order valence-electron chi connectivity index (χ2n) is 6.50. The summed E-state index contributed by atoms with van der Waals surface area (Å²) < 4.78 is 7.88. The number of nitroso groups, excluding NO2 is 1. The van der Waals surface area contributed by atoms with Crippen LogP contribution < -0.4 is 4.74 Å². The number of para-hydroxylation sites is 3. The van der Waals surface area contributed by atoms with E-state index in [-0.39, 0.29) is 13.2 Å². The molecular formula is C22H20N2O3. The van der Waals surface area contributed by atoms with E-state index in [1.165, 1.54) is 10.8 Å². The quantitative estimate of drug-likeness (QED) is 0.494. The van der Waals surface area contributed by atoms with Gasteiger partial charge in [-0.1, -0.05) is 59.8 Å². The van der Waals surface area contributed by atoms with Crippen LogP contribution in [0.2, 0.25) is 0 Å². The van der Waals surface area contributed by atoms with E-state index in [4.69, 9.17) is 4.74 Å². The fraction of sp³-hybridized carbons (Fsp3) is 0.182. The highest BCUT2D eigenvalue weighted by molar-refractivity contribution is 6.07. The van der Waals surface area contributed by atoms with Gasteiger partial charge in [0.05, 0.1) is 6.54 Å². The Morgan fingerprint density at radius 3 is 2.15 bits per heavy atom. The highest BCUT2D eigenvalue weighted by Gasteiger charge is 2.14. The van der Waals surface area contributed by atoms with Crippen LogP contribution in [0.5, 0.6) is 5.75 Å². The van der Waals surface area contributed by atoms with Crippen molar-refractivity contribution >= 4 is 21.8 Å². The molecule has 0 aliphatic rings. The van der Waals surface area contributed by atoms with Gasteiger partial charge in [0.15, 0.2) is 0 Å². The number of rotatable bonds is 7. The number of ether oxygens (including phenoxy) is 1. The van der Waals surface area contributed by atoms with Crippen LogP contribution in [-0.2, 0) is 13.1 Å². The third-order valence-corrected chi connectivity index (χ3v) is 4.71. The lowest BCUT2D eigenvalue weighted by Crippen LogP contribution is -2.23. The van der Waals surface area contributed by atoms with Crippen LogP contribution in [0, 0.1) is 4.91 Å². The van der Waals surface area contributed by atoms with E-state index in [1.807, 2.05) is 36.4 Å². The van der Waals surface area contributed by atoms with Crippen LogP contribution in [0.15, 0.2) is 78.0 Å². The maximum atomic E-state index is 10.6. The lowest BCUT2D eigenvalue weighted by Gasteiger charge is -2.16. The van der Waals surface area contributed by atoms with Crippen molar-refractivity contribution in [3.63, 3.8) is 0 Å². The smallest absolute Gasteiger partial charge is 0.124 e. The molecule has 27 heavy (non-hydrogen) atoms. The zero-order chi connectivity index (χ0) is 18.6. The molecule has 1 N–H and O–H groups in total. The minimum atomic E-state index is -0.693. The maximum absolute atomic E-state index is 10.6. The van der Waals surface area contributed by atoms with Crippen molar-refractivity contribution in [3.8, 4) is 5.75 Å². The zero-order valence-electron chi connectivity index (χ0n) is 14.8. The molecule has 1 heterocycles. The summed E-state index contributed by atoms with van der Waals surface area (Å²) in [5, 5.41) is 15.9. The Balaban J connectivity index is 1.56. The topological polar surface area (TPSA) is 63.8 Å². The highest BCUT2D eigenvalue weighted by atomic mass is 16.5.